The summed E-state index contributed by atoms with van der Waals surface area (Å²) in [6.45, 7) is 3.77. The lowest BCUT2D eigenvalue weighted by Crippen LogP contribution is -2.22. The van der Waals surface area contributed by atoms with Crippen LogP contribution in [0.3, 0.4) is 0 Å². The second-order valence-electron chi connectivity index (χ2n) is 3.98. The van der Waals surface area contributed by atoms with Crippen molar-refractivity contribution in [2.75, 3.05) is 17.2 Å². The van der Waals surface area contributed by atoms with Crippen molar-refractivity contribution in [3.8, 4) is 6.07 Å². The number of nitrogen functional groups attached to an aromatic ring is 1. The molecule has 2 aromatic rings. The van der Waals surface area contributed by atoms with Gasteiger partial charge in [-0.25, -0.2) is 0 Å². The molecule has 0 aliphatic heterocycles. The van der Waals surface area contributed by atoms with Crippen LogP contribution in [0.5, 0.6) is 0 Å². The van der Waals surface area contributed by atoms with Crippen molar-refractivity contribution in [3.63, 3.8) is 0 Å². The standard InChI is InChI=1S/C14H15N3S/c1-2-17(10-13-4-3-7-18-13)14-6-5-12(16)8-11(14)9-15/h3-8H,2,10,16H2,1H3. The smallest absolute Gasteiger partial charge is 0.101 e. The fourth-order valence-electron chi connectivity index (χ4n) is 1.88. The largest absolute Gasteiger partial charge is 0.399 e. The first-order chi connectivity index (χ1) is 8.74. The predicted molar refractivity (Wildman–Crippen MR) is 76.6 cm³/mol. The monoisotopic (exact) mass is 257 g/mol. The van der Waals surface area contributed by atoms with Crippen LogP contribution in [0.4, 0.5) is 11.4 Å². The Morgan fingerprint density at radius 3 is 2.83 bits per heavy atom. The normalized spacial score (nSPS) is 10.0. The summed E-state index contributed by atoms with van der Waals surface area (Å²) in [5.74, 6) is 0. The molecule has 0 fully saturated rings. The van der Waals surface area contributed by atoms with E-state index < -0.39 is 0 Å². The van der Waals surface area contributed by atoms with E-state index in [0.29, 0.717) is 11.3 Å². The van der Waals surface area contributed by atoms with Gasteiger partial charge in [-0.1, -0.05) is 6.07 Å². The molecule has 0 unspecified atom stereocenters. The topological polar surface area (TPSA) is 53.0 Å². The summed E-state index contributed by atoms with van der Waals surface area (Å²) in [5.41, 5.74) is 7.92. The van der Waals surface area contributed by atoms with Gasteiger partial charge in [0.25, 0.3) is 0 Å². The SMILES string of the molecule is CCN(Cc1cccs1)c1ccc(N)cc1C#N. The van der Waals surface area contributed by atoms with Crippen molar-refractivity contribution in [2.45, 2.75) is 13.5 Å². The molecule has 0 atom stereocenters. The molecule has 18 heavy (non-hydrogen) atoms. The summed E-state index contributed by atoms with van der Waals surface area (Å²) in [7, 11) is 0. The molecule has 2 rings (SSSR count). The van der Waals surface area contributed by atoms with Crippen molar-refractivity contribution in [1.82, 2.24) is 0 Å². The molecule has 0 aliphatic carbocycles. The number of rotatable bonds is 4. The summed E-state index contributed by atoms with van der Waals surface area (Å²) in [6.07, 6.45) is 0. The molecule has 0 saturated heterocycles. The molecule has 0 bridgehead atoms. The quantitative estimate of drug-likeness (QED) is 0.855. The molecule has 0 saturated carbocycles. The lowest BCUT2D eigenvalue weighted by atomic mass is 10.1. The molecule has 0 spiro atoms. The Kier molecular flexibility index (Phi) is 3.85. The number of anilines is 2. The molecule has 0 aliphatic rings. The Hall–Kier alpha value is -1.99. The van der Waals surface area contributed by atoms with Gasteiger partial charge in [0.1, 0.15) is 6.07 Å². The summed E-state index contributed by atoms with van der Waals surface area (Å²) in [6, 6.07) is 11.9. The zero-order valence-corrected chi connectivity index (χ0v) is 11.1. The number of hydrogen-bond acceptors (Lipinski definition) is 4. The van der Waals surface area contributed by atoms with Gasteiger partial charge in [-0.3, -0.25) is 0 Å². The lowest BCUT2D eigenvalue weighted by molar-refractivity contribution is 0.841. The molecule has 3 nitrogen and oxygen atoms in total. The zero-order chi connectivity index (χ0) is 13.0. The third-order valence-electron chi connectivity index (χ3n) is 2.79. The number of nitriles is 1. The Balaban J connectivity index is 2.30. The van der Waals surface area contributed by atoms with Crippen LogP contribution in [-0.4, -0.2) is 6.54 Å². The summed E-state index contributed by atoms with van der Waals surface area (Å²) in [4.78, 5) is 3.47. The van der Waals surface area contributed by atoms with E-state index in [1.54, 1.807) is 17.4 Å². The molecule has 1 heterocycles. The van der Waals surface area contributed by atoms with Crippen LogP contribution in [0.15, 0.2) is 35.7 Å². The number of hydrogen-bond donors (Lipinski definition) is 1. The van der Waals surface area contributed by atoms with Crippen LogP contribution in [0, 0.1) is 11.3 Å². The van der Waals surface area contributed by atoms with E-state index in [2.05, 4.69) is 29.3 Å². The van der Waals surface area contributed by atoms with Crippen molar-refractivity contribution in [3.05, 3.63) is 46.2 Å². The Morgan fingerprint density at radius 2 is 2.22 bits per heavy atom. The van der Waals surface area contributed by atoms with E-state index in [-0.39, 0.29) is 0 Å². The first kappa shape index (κ1) is 12.5. The summed E-state index contributed by atoms with van der Waals surface area (Å²) < 4.78 is 0. The lowest BCUT2D eigenvalue weighted by Gasteiger charge is -2.23. The third-order valence-corrected chi connectivity index (χ3v) is 3.65. The van der Waals surface area contributed by atoms with Gasteiger partial charge >= 0.3 is 0 Å². The minimum Gasteiger partial charge on any atom is -0.399 e. The van der Waals surface area contributed by atoms with E-state index in [0.717, 1.165) is 18.8 Å². The maximum Gasteiger partial charge on any atom is 0.101 e. The minimum absolute atomic E-state index is 0.627. The predicted octanol–water partition coefficient (Wildman–Crippen LogP) is 3.23. The van der Waals surface area contributed by atoms with Gasteiger partial charge in [0, 0.05) is 17.1 Å². The Morgan fingerprint density at radius 1 is 1.39 bits per heavy atom. The third kappa shape index (κ3) is 2.63. The molecule has 2 N–H and O–H groups in total. The average molecular weight is 257 g/mol. The van der Waals surface area contributed by atoms with Crippen molar-refractivity contribution >= 4 is 22.7 Å². The first-order valence-corrected chi connectivity index (χ1v) is 6.69. The van der Waals surface area contributed by atoms with Crippen LogP contribution in [0.1, 0.15) is 17.4 Å². The summed E-state index contributed by atoms with van der Waals surface area (Å²) >= 11 is 1.73. The van der Waals surface area contributed by atoms with Crippen molar-refractivity contribution < 1.29 is 0 Å². The van der Waals surface area contributed by atoms with Crippen LogP contribution in [-0.2, 0) is 6.54 Å². The van der Waals surface area contributed by atoms with Crippen molar-refractivity contribution in [2.24, 2.45) is 0 Å². The highest BCUT2D eigenvalue weighted by Crippen LogP contribution is 2.25. The number of benzene rings is 1. The number of nitrogens with two attached hydrogens (primary N) is 1. The van der Waals surface area contributed by atoms with Gasteiger partial charge in [0.15, 0.2) is 0 Å². The summed E-state index contributed by atoms with van der Waals surface area (Å²) in [5, 5.41) is 11.3. The van der Waals surface area contributed by atoms with E-state index in [9.17, 15) is 5.26 Å². The van der Waals surface area contributed by atoms with Crippen LogP contribution < -0.4 is 10.6 Å². The van der Waals surface area contributed by atoms with Crippen LogP contribution >= 0.6 is 11.3 Å². The van der Waals surface area contributed by atoms with Gasteiger partial charge < -0.3 is 10.6 Å². The Bertz CT molecular complexity index is 555. The van der Waals surface area contributed by atoms with Crippen molar-refractivity contribution in [1.29, 1.82) is 5.26 Å². The van der Waals surface area contributed by atoms with Gasteiger partial charge in [0.2, 0.25) is 0 Å². The van der Waals surface area contributed by atoms with Crippen LogP contribution in [0.25, 0.3) is 0 Å². The highest BCUT2D eigenvalue weighted by Gasteiger charge is 2.11. The molecule has 92 valence electrons. The average Bonchev–Trinajstić information content (AvgIpc) is 2.89. The highest BCUT2D eigenvalue weighted by molar-refractivity contribution is 7.09. The second kappa shape index (κ2) is 5.56. The van der Waals surface area contributed by atoms with E-state index in [1.807, 2.05) is 18.2 Å². The minimum atomic E-state index is 0.627. The Labute approximate surface area is 111 Å². The maximum atomic E-state index is 9.18. The first-order valence-electron chi connectivity index (χ1n) is 5.81. The number of nitrogens with zero attached hydrogens (tertiary/aromatic N) is 2. The van der Waals surface area contributed by atoms with E-state index in [1.165, 1.54) is 4.88 Å². The van der Waals surface area contributed by atoms with Gasteiger partial charge in [-0.2, -0.15) is 5.26 Å². The molecule has 1 aromatic heterocycles. The molecule has 0 amide bonds. The molecule has 0 radical (unpaired) electrons. The fraction of sp³-hybridized carbons (Fsp3) is 0.214. The van der Waals surface area contributed by atoms with E-state index in [4.69, 9.17) is 5.73 Å². The fourth-order valence-corrected chi connectivity index (χ4v) is 2.60. The van der Waals surface area contributed by atoms with Gasteiger partial charge in [-0.05, 0) is 36.6 Å². The maximum absolute atomic E-state index is 9.18. The molecular formula is C14H15N3S. The number of thiophene rings is 1. The van der Waals surface area contributed by atoms with Crippen LogP contribution in [0.2, 0.25) is 0 Å². The molecule has 4 heteroatoms. The highest BCUT2D eigenvalue weighted by atomic mass is 32.1. The molecule has 1 aromatic carbocycles. The molecular weight excluding hydrogens is 242 g/mol. The second-order valence-corrected chi connectivity index (χ2v) is 5.01. The zero-order valence-electron chi connectivity index (χ0n) is 10.3. The van der Waals surface area contributed by atoms with Gasteiger partial charge in [0.05, 0.1) is 17.8 Å². The van der Waals surface area contributed by atoms with Gasteiger partial charge in [-0.15, -0.1) is 11.3 Å². The van der Waals surface area contributed by atoms with E-state index >= 15 is 0 Å².